The first kappa shape index (κ1) is 37.9. The van der Waals surface area contributed by atoms with Gasteiger partial charge in [0.15, 0.2) is 0 Å². The van der Waals surface area contributed by atoms with Crippen molar-refractivity contribution in [2.24, 2.45) is 0 Å². The predicted molar refractivity (Wildman–Crippen MR) is 120 cm³/mol. The van der Waals surface area contributed by atoms with Gasteiger partial charge >= 0.3 is 59.1 Å². The molecule has 0 aliphatic heterocycles. The minimum atomic E-state index is -1.46. The fraction of sp³-hybridized carbons (Fsp3) is 0.880. The third kappa shape index (κ3) is 28.5. The Kier molecular flexibility index (Phi) is 32.9. The van der Waals surface area contributed by atoms with Crippen LogP contribution in [0.2, 0.25) is 0 Å². The van der Waals surface area contributed by atoms with Gasteiger partial charge in [-0.25, -0.2) is 0 Å². The number of amides is 1. The van der Waals surface area contributed by atoms with E-state index in [1.807, 2.05) is 0 Å². The Morgan fingerprint density at radius 2 is 0.970 bits per heavy atom. The van der Waals surface area contributed by atoms with Crippen molar-refractivity contribution in [1.29, 1.82) is 0 Å². The first-order valence-electron chi connectivity index (χ1n) is 12.7. The Morgan fingerprint density at radius 1 is 0.606 bits per heavy atom. The van der Waals surface area contributed by atoms with E-state index in [2.05, 4.69) is 12.2 Å². The molecule has 1 amide bonds. The van der Waals surface area contributed by atoms with E-state index in [4.69, 9.17) is 0 Å². The molecule has 0 unspecified atom stereocenters. The molecule has 0 saturated heterocycles. The number of hydrogen-bond acceptors (Lipinski definition) is 5. The van der Waals surface area contributed by atoms with Crippen molar-refractivity contribution in [2.75, 3.05) is 0 Å². The second-order valence-corrected chi connectivity index (χ2v) is 8.76. The normalized spacial score (nSPS) is 11.2. The number of hydrogen-bond donors (Lipinski definition) is 1. The molecule has 0 rings (SSSR count). The third-order valence-electron chi connectivity index (χ3n) is 5.76. The first-order chi connectivity index (χ1) is 15.0. The summed E-state index contributed by atoms with van der Waals surface area (Å²) in [7, 11) is 0. The average molecular weight is 486 g/mol. The van der Waals surface area contributed by atoms with Crippen LogP contribution in [0.5, 0.6) is 0 Å². The zero-order valence-electron chi connectivity index (χ0n) is 21.8. The summed E-state index contributed by atoms with van der Waals surface area (Å²) < 4.78 is 0. The number of carbonyl (C=O) groups excluding carboxylic acids is 3. The van der Waals surface area contributed by atoms with Crippen LogP contribution in [0.4, 0.5) is 0 Å². The summed E-state index contributed by atoms with van der Waals surface area (Å²) in [6.45, 7) is 2.26. The first-order valence-corrected chi connectivity index (χ1v) is 12.7. The van der Waals surface area contributed by atoms with Gasteiger partial charge in [-0.2, -0.15) is 0 Å². The molecule has 0 aromatic rings. The third-order valence-corrected chi connectivity index (χ3v) is 5.76. The van der Waals surface area contributed by atoms with E-state index >= 15 is 0 Å². The van der Waals surface area contributed by atoms with Gasteiger partial charge in [0.1, 0.15) is 0 Å². The molecule has 0 bridgehead atoms. The minimum absolute atomic E-state index is 0. The zero-order chi connectivity index (χ0) is 23.2. The monoisotopic (exact) mass is 485 g/mol. The Balaban J connectivity index is -0.00000450. The van der Waals surface area contributed by atoms with E-state index < -0.39 is 24.4 Å². The van der Waals surface area contributed by atoms with E-state index in [9.17, 15) is 24.6 Å². The van der Waals surface area contributed by atoms with Crippen molar-refractivity contribution in [3.8, 4) is 0 Å². The quantitative estimate of drug-likeness (QED) is 0.131. The fourth-order valence-electron chi connectivity index (χ4n) is 3.79. The number of nitrogens with one attached hydrogen (secondary N) is 1. The van der Waals surface area contributed by atoms with Crippen LogP contribution in [-0.4, -0.2) is 23.9 Å². The number of rotatable bonds is 23. The summed E-state index contributed by atoms with van der Waals surface area (Å²) in [6, 6.07) is -1.27. The van der Waals surface area contributed by atoms with Gasteiger partial charge in [-0.05, 0) is 19.3 Å². The number of aliphatic carboxylic acids is 2. The minimum Gasteiger partial charge on any atom is -0.550 e. The van der Waals surface area contributed by atoms with E-state index in [0.717, 1.165) is 12.8 Å². The van der Waals surface area contributed by atoms with Crippen LogP contribution < -0.4 is 74.6 Å². The van der Waals surface area contributed by atoms with Gasteiger partial charge in [-0.15, -0.1) is 0 Å². The number of carboxylic acid groups (broad SMARTS) is 2. The molecular formula is C25H45NNa2O5. The Labute approximate surface area is 246 Å². The van der Waals surface area contributed by atoms with Crippen LogP contribution in [0.15, 0.2) is 0 Å². The molecule has 0 saturated carbocycles. The Morgan fingerprint density at radius 3 is 1.30 bits per heavy atom. The molecule has 33 heavy (non-hydrogen) atoms. The standard InChI is InChI=1S/C25H47NO5.2Na/c1-2-3-4-5-6-7-8-9-10-11-12-13-14-15-16-17-18-19-23(27)26-22(25(30)31)20-21-24(28)29;;/h22H,2-21H2,1H3,(H,26,27)(H,28,29)(H,30,31);;/q;2*+1/p-2/t22-;;/m0../s1. The van der Waals surface area contributed by atoms with Crippen LogP contribution in [0.25, 0.3) is 0 Å². The van der Waals surface area contributed by atoms with Crippen molar-refractivity contribution in [3.63, 3.8) is 0 Å². The van der Waals surface area contributed by atoms with Crippen molar-refractivity contribution >= 4 is 17.8 Å². The molecule has 1 atom stereocenters. The summed E-state index contributed by atoms with van der Waals surface area (Å²) in [6.07, 6.45) is 21.2. The van der Waals surface area contributed by atoms with E-state index in [1.54, 1.807) is 0 Å². The average Bonchev–Trinajstić information content (AvgIpc) is 2.73. The maximum atomic E-state index is 11.8. The molecule has 8 heteroatoms. The van der Waals surface area contributed by atoms with Gasteiger partial charge in [-0.3, -0.25) is 4.79 Å². The van der Waals surface area contributed by atoms with E-state index in [-0.39, 0.29) is 77.9 Å². The molecule has 0 aliphatic carbocycles. The van der Waals surface area contributed by atoms with Gasteiger partial charge in [0.05, 0.1) is 12.0 Å². The molecule has 0 aromatic heterocycles. The van der Waals surface area contributed by atoms with Crippen molar-refractivity contribution in [3.05, 3.63) is 0 Å². The molecule has 0 aliphatic rings. The number of carbonyl (C=O) groups is 3. The Hall–Kier alpha value is 0.410. The molecule has 0 aromatic carbocycles. The molecule has 6 nitrogen and oxygen atoms in total. The molecule has 182 valence electrons. The van der Waals surface area contributed by atoms with Gasteiger partial charge in [0.2, 0.25) is 5.91 Å². The molecule has 0 radical (unpaired) electrons. The van der Waals surface area contributed by atoms with Crippen LogP contribution >= 0.6 is 0 Å². The predicted octanol–water partition coefficient (Wildman–Crippen LogP) is -2.20. The smallest absolute Gasteiger partial charge is 0.550 e. The maximum Gasteiger partial charge on any atom is 1.00 e. The zero-order valence-corrected chi connectivity index (χ0v) is 25.8. The van der Waals surface area contributed by atoms with Crippen LogP contribution in [0.3, 0.4) is 0 Å². The van der Waals surface area contributed by atoms with Crippen LogP contribution in [-0.2, 0) is 14.4 Å². The number of unbranched alkanes of at least 4 members (excludes halogenated alkanes) is 16. The molecule has 0 heterocycles. The topological polar surface area (TPSA) is 109 Å². The fourth-order valence-corrected chi connectivity index (χ4v) is 3.79. The van der Waals surface area contributed by atoms with E-state index in [0.29, 0.717) is 6.42 Å². The van der Waals surface area contributed by atoms with Crippen molar-refractivity contribution in [2.45, 2.75) is 141 Å². The molecule has 0 fully saturated rings. The van der Waals surface area contributed by atoms with Gasteiger partial charge in [0, 0.05) is 12.4 Å². The second kappa shape index (κ2) is 28.6. The molecule has 1 N–H and O–H groups in total. The Bertz CT molecular complexity index is 478. The summed E-state index contributed by atoms with van der Waals surface area (Å²) in [5.74, 6) is -3.17. The van der Waals surface area contributed by atoms with Crippen molar-refractivity contribution in [1.82, 2.24) is 5.32 Å². The van der Waals surface area contributed by atoms with E-state index in [1.165, 1.54) is 89.9 Å². The largest absolute Gasteiger partial charge is 1.00 e. The van der Waals surface area contributed by atoms with Crippen LogP contribution in [0, 0.1) is 0 Å². The second-order valence-electron chi connectivity index (χ2n) is 8.76. The molecular weight excluding hydrogens is 440 g/mol. The summed E-state index contributed by atoms with van der Waals surface area (Å²) in [5, 5.41) is 23.7. The van der Waals surface area contributed by atoms with Crippen molar-refractivity contribution < 1.29 is 83.7 Å². The number of carboxylic acids is 2. The summed E-state index contributed by atoms with van der Waals surface area (Å²) in [4.78, 5) is 33.2. The molecule has 0 spiro atoms. The van der Waals surface area contributed by atoms with Gasteiger partial charge < -0.3 is 25.1 Å². The van der Waals surface area contributed by atoms with Gasteiger partial charge in [-0.1, -0.05) is 110 Å². The maximum absolute atomic E-state index is 11.8. The summed E-state index contributed by atoms with van der Waals surface area (Å²) >= 11 is 0. The SMILES string of the molecule is CCCCCCCCCCCCCCCCCCCC(=O)N[C@@H](CCC(=O)[O-])C(=O)[O-].[Na+].[Na+]. The van der Waals surface area contributed by atoms with Crippen LogP contribution in [0.1, 0.15) is 135 Å². The van der Waals surface area contributed by atoms with Gasteiger partial charge in [0.25, 0.3) is 0 Å². The summed E-state index contributed by atoms with van der Waals surface area (Å²) in [5.41, 5.74) is 0.